The highest BCUT2D eigenvalue weighted by atomic mass is 16.2. The summed E-state index contributed by atoms with van der Waals surface area (Å²) in [6, 6.07) is 7.61. The summed E-state index contributed by atoms with van der Waals surface area (Å²) < 4.78 is 0. The Morgan fingerprint density at radius 3 is 2.75 bits per heavy atom. The molecule has 20 heavy (non-hydrogen) atoms. The maximum atomic E-state index is 12.0. The van der Waals surface area contributed by atoms with Gasteiger partial charge in [-0.2, -0.15) is 0 Å². The third kappa shape index (κ3) is 3.00. The molecule has 1 atom stereocenters. The minimum atomic E-state index is -0.0248. The fourth-order valence-electron chi connectivity index (χ4n) is 2.69. The number of benzene rings is 1. The number of amides is 2. The molecule has 1 aromatic carbocycles. The van der Waals surface area contributed by atoms with E-state index in [4.69, 9.17) is 0 Å². The molecule has 0 aromatic heterocycles. The summed E-state index contributed by atoms with van der Waals surface area (Å²) in [5.41, 5.74) is 1.75. The van der Waals surface area contributed by atoms with Crippen molar-refractivity contribution in [3.05, 3.63) is 35.4 Å². The lowest BCUT2D eigenvalue weighted by Crippen LogP contribution is -2.41. The van der Waals surface area contributed by atoms with Crippen molar-refractivity contribution in [2.75, 3.05) is 13.1 Å². The smallest absolute Gasteiger partial charge is 0.251 e. The van der Waals surface area contributed by atoms with E-state index in [-0.39, 0.29) is 23.7 Å². The van der Waals surface area contributed by atoms with E-state index in [1.54, 1.807) is 0 Å². The van der Waals surface area contributed by atoms with E-state index in [1.165, 1.54) is 0 Å². The standard InChI is InChI=1S/C16H22N2O2/c1-3-11(4-2)15(19)17-9-12-10-18-16(20)14-8-6-5-7-13(12)14/h5-8,11-12H,3-4,9-10H2,1-2H3,(H,17,19)(H,18,20). The first kappa shape index (κ1) is 14.6. The van der Waals surface area contributed by atoms with Crippen LogP contribution in [0, 0.1) is 5.92 Å². The summed E-state index contributed by atoms with van der Waals surface area (Å²) in [5, 5.41) is 5.90. The molecule has 1 aromatic rings. The summed E-state index contributed by atoms with van der Waals surface area (Å²) in [4.78, 5) is 23.8. The van der Waals surface area contributed by atoms with Gasteiger partial charge in [-0.25, -0.2) is 0 Å². The van der Waals surface area contributed by atoms with Gasteiger partial charge in [0.05, 0.1) is 0 Å². The summed E-state index contributed by atoms with van der Waals surface area (Å²) in [6.45, 7) is 5.22. The van der Waals surface area contributed by atoms with E-state index in [9.17, 15) is 9.59 Å². The molecule has 0 saturated heterocycles. The molecule has 1 aliphatic rings. The largest absolute Gasteiger partial charge is 0.355 e. The molecule has 0 spiro atoms. The first-order valence-electron chi connectivity index (χ1n) is 7.32. The van der Waals surface area contributed by atoms with Crippen LogP contribution in [0.3, 0.4) is 0 Å². The molecule has 0 radical (unpaired) electrons. The number of fused-ring (bicyclic) bond motifs is 1. The van der Waals surface area contributed by atoms with Crippen molar-refractivity contribution in [2.45, 2.75) is 32.6 Å². The van der Waals surface area contributed by atoms with Crippen molar-refractivity contribution in [1.29, 1.82) is 0 Å². The topological polar surface area (TPSA) is 58.2 Å². The Labute approximate surface area is 119 Å². The Kier molecular flexibility index (Phi) is 4.77. The molecule has 108 valence electrons. The lowest BCUT2D eigenvalue weighted by Gasteiger charge is -2.26. The Hall–Kier alpha value is -1.84. The zero-order chi connectivity index (χ0) is 14.5. The van der Waals surface area contributed by atoms with Crippen LogP contribution >= 0.6 is 0 Å². The summed E-state index contributed by atoms with van der Waals surface area (Å²) in [7, 11) is 0. The average molecular weight is 274 g/mol. The van der Waals surface area contributed by atoms with E-state index >= 15 is 0 Å². The molecule has 2 amide bonds. The summed E-state index contributed by atoms with van der Waals surface area (Å²) >= 11 is 0. The second kappa shape index (κ2) is 6.55. The maximum Gasteiger partial charge on any atom is 0.251 e. The Morgan fingerprint density at radius 1 is 1.35 bits per heavy atom. The van der Waals surface area contributed by atoms with Crippen LogP contribution in [-0.2, 0) is 4.79 Å². The van der Waals surface area contributed by atoms with Crippen molar-refractivity contribution in [1.82, 2.24) is 10.6 Å². The maximum absolute atomic E-state index is 12.0. The van der Waals surface area contributed by atoms with E-state index in [0.29, 0.717) is 13.1 Å². The molecule has 1 unspecified atom stereocenters. The fourth-order valence-corrected chi connectivity index (χ4v) is 2.69. The van der Waals surface area contributed by atoms with Gasteiger partial charge in [0.25, 0.3) is 5.91 Å². The molecule has 1 heterocycles. The lowest BCUT2D eigenvalue weighted by atomic mass is 9.90. The highest BCUT2D eigenvalue weighted by Gasteiger charge is 2.25. The van der Waals surface area contributed by atoms with Gasteiger partial charge in [0.1, 0.15) is 0 Å². The van der Waals surface area contributed by atoms with Crippen LogP contribution in [0.1, 0.15) is 48.5 Å². The first-order chi connectivity index (χ1) is 9.67. The predicted molar refractivity (Wildman–Crippen MR) is 78.6 cm³/mol. The van der Waals surface area contributed by atoms with Crippen molar-refractivity contribution < 1.29 is 9.59 Å². The monoisotopic (exact) mass is 274 g/mol. The van der Waals surface area contributed by atoms with Gasteiger partial charge in [0, 0.05) is 30.5 Å². The summed E-state index contributed by atoms with van der Waals surface area (Å²) in [5.74, 6) is 0.332. The highest BCUT2D eigenvalue weighted by molar-refractivity contribution is 5.97. The van der Waals surface area contributed by atoms with E-state index in [1.807, 2.05) is 38.1 Å². The molecule has 4 heteroatoms. The SMILES string of the molecule is CCC(CC)C(=O)NCC1CNC(=O)c2ccccc21. The van der Waals surface area contributed by atoms with Crippen molar-refractivity contribution in [2.24, 2.45) is 5.92 Å². The second-order valence-electron chi connectivity index (χ2n) is 5.25. The number of hydrogen-bond donors (Lipinski definition) is 2. The third-order valence-electron chi connectivity index (χ3n) is 4.03. The average Bonchev–Trinajstić information content (AvgIpc) is 2.48. The van der Waals surface area contributed by atoms with E-state index in [2.05, 4.69) is 10.6 Å². The molecule has 2 rings (SSSR count). The van der Waals surface area contributed by atoms with Crippen LogP contribution in [-0.4, -0.2) is 24.9 Å². The quantitative estimate of drug-likeness (QED) is 0.863. The van der Waals surface area contributed by atoms with Gasteiger partial charge in [-0.3, -0.25) is 9.59 Å². The molecule has 0 aliphatic carbocycles. The minimum Gasteiger partial charge on any atom is -0.355 e. The van der Waals surface area contributed by atoms with Crippen LogP contribution < -0.4 is 10.6 Å². The molecular weight excluding hydrogens is 252 g/mol. The van der Waals surface area contributed by atoms with Gasteiger partial charge in [0.15, 0.2) is 0 Å². The van der Waals surface area contributed by atoms with Gasteiger partial charge in [-0.15, -0.1) is 0 Å². The van der Waals surface area contributed by atoms with Crippen molar-refractivity contribution in [3.8, 4) is 0 Å². The van der Waals surface area contributed by atoms with Gasteiger partial charge in [-0.1, -0.05) is 32.0 Å². The van der Waals surface area contributed by atoms with Crippen LogP contribution in [0.4, 0.5) is 0 Å². The van der Waals surface area contributed by atoms with Crippen LogP contribution in [0.15, 0.2) is 24.3 Å². The number of nitrogens with one attached hydrogen (secondary N) is 2. The van der Waals surface area contributed by atoms with E-state index < -0.39 is 0 Å². The molecule has 4 nitrogen and oxygen atoms in total. The normalized spacial score (nSPS) is 17.6. The second-order valence-corrected chi connectivity index (χ2v) is 5.25. The Morgan fingerprint density at radius 2 is 2.05 bits per heavy atom. The molecule has 0 bridgehead atoms. The van der Waals surface area contributed by atoms with E-state index in [0.717, 1.165) is 24.0 Å². The molecule has 1 aliphatic heterocycles. The van der Waals surface area contributed by atoms with Crippen LogP contribution in [0.2, 0.25) is 0 Å². The third-order valence-corrected chi connectivity index (χ3v) is 4.03. The number of carbonyl (C=O) groups is 2. The number of carbonyl (C=O) groups excluding carboxylic acids is 2. The lowest BCUT2D eigenvalue weighted by molar-refractivity contribution is -0.125. The minimum absolute atomic E-state index is 0.0248. The number of rotatable bonds is 5. The van der Waals surface area contributed by atoms with Gasteiger partial charge in [-0.05, 0) is 24.5 Å². The van der Waals surface area contributed by atoms with Crippen LogP contribution in [0.25, 0.3) is 0 Å². The number of hydrogen-bond acceptors (Lipinski definition) is 2. The molecule has 0 saturated carbocycles. The fraction of sp³-hybridized carbons (Fsp3) is 0.500. The van der Waals surface area contributed by atoms with Crippen molar-refractivity contribution >= 4 is 11.8 Å². The molecular formula is C16H22N2O2. The first-order valence-corrected chi connectivity index (χ1v) is 7.32. The zero-order valence-corrected chi connectivity index (χ0v) is 12.1. The van der Waals surface area contributed by atoms with Gasteiger partial charge < -0.3 is 10.6 Å². The zero-order valence-electron chi connectivity index (χ0n) is 12.1. The van der Waals surface area contributed by atoms with Crippen LogP contribution in [0.5, 0.6) is 0 Å². The highest BCUT2D eigenvalue weighted by Crippen LogP contribution is 2.23. The van der Waals surface area contributed by atoms with Crippen molar-refractivity contribution in [3.63, 3.8) is 0 Å². The van der Waals surface area contributed by atoms with Gasteiger partial charge >= 0.3 is 0 Å². The molecule has 2 N–H and O–H groups in total. The Balaban J connectivity index is 2.03. The molecule has 0 fully saturated rings. The summed E-state index contributed by atoms with van der Waals surface area (Å²) in [6.07, 6.45) is 1.72. The predicted octanol–water partition coefficient (Wildman–Crippen LogP) is 2.07. The Bertz CT molecular complexity index is 495. The van der Waals surface area contributed by atoms with Gasteiger partial charge in [0.2, 0.25) is 5.91 Å².